The first-order chi connectivity index (χ1) is 18.3. The predicted molar refractivity (Wildman–Crippen MR) is 143 cm³/mol. The average molecular weight is 544 g/mol. The molecule has 11 heteroatoms. The van der Waals surface area contributed by atoms with Gasteiger partial charge in [0.05, 0.1) is 25.1 Å². The van der Waals surface area contributed by atoms with Gasteiger partial charge in [-0.1, -0.05) is 18.2 Å². The summed E-state index contributed by atoms with van der Waals surface area (Å²) in [6.45, 7) is 3.25. The van der Waals surface area contributed by atoms with E-state index in [2.05, 4.69) is 0 Å². The SMILES string of the molecule is COc1ccccc1[C@H](Cn1c(=O)n(C2(C(=O)O)CCC2)c(=O)c2c(C)c(CN)sc21)OC1CCOCC1. The standard InChI is InChI=1S/C27H33N3O7S/c1-16-21(14-28)38-24-22(16)23(31)30(27(25(32)33)10-5-11-27)26(34)29(24)15-20(37-17-8-12-36-13-9-17)18-6-3-4-7-19(18)35-2/h3-4,6-7,17,20H,5,8-15,28H2,1-2H3,(H,32,33)/t20-/m0/s1. The second-order valence-corrected chi connectivity index (χ2v) is 11.0. The van der Waals surface area contributed by atoms with E-state index in [0.29, 0.717) is 54.0 Å². The number of nitrogens with zero attached hydrogens (tertiary/aromatic N) is 2. The largest absolute Gasteiger partial charge is 0.496 e. The van der Waals surface area contributed by atoms with Gasteiger partial charge in [-0.15, -0.1) is 11.3 Å². The molecular formula is C27H33N3O7S. The van der Waals surface area contributed by atoms with Crippen LogP contribution in [0.5, 0.6) is 5.75 Å². The van der Waals surface area contributed by atoms with E-state index in [4.69, 9.17) is 19.9 Å². The van der Waals surface area contributed by atoms with Crippen LogP contribution >= 0.6 is 11.3 Å². The summed E-state index contributed by atoms with van der Waals surface area (Å²) in [7, 11) is 1.58. The Morgan fingerprint density at radius 3 is 2.58 bits per heavy atom. The molecule has 10 nitrogen and oxygen atoms in total. The van der Waals surface area contributed by atoms with E-state index in [-0.39, 0.29) is 32.0 Å². The number of benzene rings is 1. The van der Waals surface area contributed by atoms with Gasteiger partial charge in [0.2, 0.25) is 0 Å². The Kier molecular flexibility index (Phi) is 7.45. The molecule has 1 aliphatic carbocycles. The first kappa shape index (κ1) is 26.6. The lowest BCUT2D eigenvalue weighted by molar-refractivity contribution is -0.153. The van der Waals surface area contributed by atoms with Crippen LogP contribution in [-0.2, 0) is 32.9 Å². The molecule has 1 aromatic carbocycles. The van der Waals surface area contributed by atoms with Gasteiger partial charge in [0.25, 0.3) is 5.56 Å². The highest BCUT2D eigenvalue weighted by molar-refractivity contribution is 7.18. The van der Waals surface area contributed by atoms with Crippen molar-refractivity contribution in [1.29, 1.82) is 0 Å². The van der Waals surface area contributed by atoms with Crippen LogP contribution in [0.25, 0.3) is 10.2 Å². The smallest absolute Gasteiger partial charge is 0.333 e. The third kappa shape index (κ3) is 4.37. The molecule has 0 bridgehead atoms. The van der Waals surface area contributed by atoms with Gasteiger partial charge < -0.3 is 25.1 Å². The second-order valence-electron chi connectivity index (χ2n) is 9.94. The molecule has 3 aromatic rings. The molecule has 38 heavy (non-hydrogen) atoms. The van der Waals surface area contributed by atoms with E-state index in [9.17, 15) is 19.5 Å². The molecule has 1 saturated carbocycles. The van der Waals surface area contributed by atoms with Crippen molar-refractivity contribution in [3.05, 3.63) is 61.1 Å². The lowest BCUT2D eigenvalue weighted by atomic mass is 9.76. The number of fused-ring (bicyclic) bond motifs is 1. The lowest BCUT2D eigenvalue weighted by Crippen LogP contribution is -2.59. The third-order valence-corrected chi connectivity index (χ3v) is 9.20. The van der Waals surface area contributed by atoms with Gasteiger partial charge in [-0.3, -0.25) is 9.36 Å². The van der Waals surface area contributed by atoms with Gasteiger partial charge in [0.1, 0.15) is 22.2 Å². The number of carboxylic acid groups (broad SMARTS) is 1. The lowest BCUT2D eigenvalue weighted by Gasteiger charge is -2.38. The molecule has 1 aliphatic heterocycles. The topological polar surface area (TPSA) is 135 Å². The van der Waals surface area contributed by atoms with Crippen molar-refractivity contribution in [2.75, 3.05) is 20.3 Å². The van der Waals surface area contributed by atoms with Crippen molar-refractivity contribution in [2.45, 2.75) is 69.9 Å². The fourth-order valence-corrected chi connectivity index (χ4v) is 6.70. The van der Waals surface area contributed by atoms with Gasteiger partial charge >= 0.3 is 11.7 Å². The molecule has 5 rings (SSSR count). The van der Waals surface area contributed by atoms with Crippen LogP contribution in [0, 0.1) is 6.92 Å². The summed E-state index contributed by atoms with van der Waals surface area (Å²) in [5.41, 5.74) is 4.66. The van der Waals surface area contributed by atoms with Crippen molar-refractivity contribution >= 4 is 27.5 Å². The normalized spacial score (nSPS) is 18.3. The van der Waals surface area contributed by atoms with E-state index >= 15 is 0 Å². The van der Waals surface area contributed by atoms with Gasteiger partial charge in [-0.25, -0.2) is 14.2 Å². The maximum Gasteiger partial charge on any atom is 0.333 e. The summed E-state index contributed by atoms with van der Waals surface area (Å²) in [4.78, 5) is 41.5. The Morgan fingerprint density at radius 1 is 1.26 bits per heavy atom. The zero-order valence-corrected chi connectivity index (χ0v) is 22.4. The third-order valence-electron chi connectivity index (χ3n) is 7.86. The first-order valence-corrected chi connectivity index (χ1v) is 13.7. The van der Waals surface area contributed by atoms with Crippen LogP contribution in [0.4, 0.5) is 0 Å². The van der Waals surface area contributed by atoms with E-state index < -0.39 is 28.9 Å². The van der Waals surface area contributed by atoms with Crippen LogP contribution < -0.4 is 21.7 Å². The molecule has 0 spiro atoms. The number of aliphatic carboxylic acids is 1. The number of thiophene rings is 1. The summed E-state index contributed by atoms with van der Waals surface area (Å²) in [6, 6.07) is 7.48. The average Bonchev–Trinajstić information content (AvgIpc) is 3.23. The molecular weight excluding hydrogens is 510 g/mol. The quantitative estimate of drug-likeness (QED) is 0.421. The zero-order chi connectivity index (χ0) is 27.0. The Hall–Kier alpha value is -2.99. The summed E-state index contributed by atoms with van der Waals surface area (Å²) < 4.78 is 20.2. The molecule has 3 heterocycles. The predicted octanol–water partition coefficient (Wildman–Crippen LogP) is 2.90. The zero-order valence-electron chi connectivity index (χ0n) is 21.6. The number of hydrogen-bond donors (Lipinski definition) is 2. The Labute approximate surface area is 223 Å². The van der Waals surface area contributed by atoms with Crippen molar-refractivity contribution in [2.24, 2.45) is 5.73 Å². The van der Waals surface area contributed by atoms with E-state index in [0.717, 1.165) is 15.0 Å². The molecule has 1 atom stereocenters. The number of methoxy groups -OCH3 is 1. The molecule has 3 N–H and O–H groups in total. The van der Waals surface area contributed by atoms with Crippen LogP contribution in [0.15, 0.2) is 33.9 Å². The molecule has 1 saturated heterocycles. The van der Waals surface area contributed by atoms with Crippen LogP contribution in [0.2, 0.25) is 0 Å². The molecule has 2 aromatic heterocycles. The van der Waals surface area contributed by atoms with Crippen molar-refractivity contribution in [3.63, 3.8) is 0 Å². The number of aryl methyl sites for hydroxylation is 1. The van der Waals surface area contributed by atoms with Crippen LogP contribution in [0.3, 0.4) is 0 Å². The van der Waals surface area contributed by atoms with Crippen LogP contribution in [0.1, 0.15) is 54.2 Å². The van der Waals surface area contributed by atoms with Crippen molar-refractivity contribution in [3.8, 4) is 5.75 Å². The molecule has 0 unspecified atom stereocenters. The molecule has 204 valence electrons. The maximum atomic E-state index is 14.1. The fraction of sp³-hybridized carbons (Fsp3) is 0.519. The van der Waals surface area contributed by atoms with Gasteiger partial charge in [-0.05, 0) is 50.7 Å². The molecule has 2 aliphatic rings. The number of carbonyl (C=O) groups is 1. The van der Waals surface area contributed by atoms with Gasteiger partial charge in [0.15, 0.2) is 0 Å². The monoisotopic (exact) mass is 543 g/mol. The molecule has 0 radical (unpaired) electrons. The highest BCUT2D eigenvalue weighted by Crippen LogP contribution is 2.39. The minimum atomic E-state index is -1.55. The summed E-state index contributed by atoms with van der Waals surface area (Å²) >= 11 is 1.30. The Bertz CT molecular complexity index is 1460. The van der Waals surface area contributed by atoms with Crippen molar-refractivity contribution in [1.82, 2.24) is 9.13 Å². The van der Waals surface area contributed by atoms with E-state index in [1.165, 1.54) is 15.9 Å². The first-order valence-electron chi connectivity index (χ1n) is 12.9. The second kappa shape index (κ2) is 10.6. The Balaban J connectivity index is 1.72. The minimum absolute atomic E-state index is 0.0764. The van der Waals surface area contributed by atoms with Crippen molar-refractivity contribution < 1.29 is 24.1 Å². The van der Waals surface area contributed by atoms with E-state index in [1.54, 1.807) is 14.0 Å². The number of carboxylic acids is 1. The number of hydrogen-bond acceptors (Lipinski definition) is 8. The van der Waals surface area contributed by atoms with E-state index in [1.807, 2.05) is 24.3 Å². The number of para-hydroxylation sites is 1. The number of rotatable bonds is 9. The van der Waals surface area contributed by atoms with Gasteiger partial charge in [-0.2, -0.15) is 0 Å². The number of aromatic nitrogens is 2. The van der Waals surface area contributed by atoms with Crippen LogP contribution in [-0.4, -0.2) is 46.6 Å². The summed E-state index contributed by atoms with van der Waals surface area (Å²) in [5, 5.41) is 10.5. The minimum Gasteiger partial charge on any atom is -0.496 e. The molecule has 0 amide bonds. The molecule has 2 fully saturated rings. The summed E-state index contributed by atoms with van der Waals surface area (Å²) in [5.74, 6) is -0.548. The fourth-order valence-electron chi connectivity index (χ4n) is 5.53. The summed E-state index contributed by atoms with van der Waals surface area (Å²) in [6.07, 6.45) is 1.84. The maximum absolute atomic E-state index is 14.1. The van der Waals surface area contributed by atoms with Gasteiger partial charge in [0, 0.05) is 30.2 Å². The number of nitrogens with two attached hydrogens (primary N) is 1. The highest BCUT2D eigenvalue weighted by Gasteiger charge is 2.49. The highest BCUT2D eigenvalue weighted by atomic mass is 32.1. The Morgan fingerprint density at radius 2 is 1.97 bits per heavy atom. The number of ether oxygens (including phenoxy) is 3.